The lowest BCUT2D eigenvalue weighted by Gasteiger charge is -2.36. The third kappa shape index (κ3) is 4.47. The van der Waals surface area contributed by atoms with Crippen molar-refractivity contribution in [3.05, 3.63) is 60.8 Å². The Kier molecular flexibility index (Phi) is 5.89. The van der Waals surface area contributed by atoms with Crippen molar-refractivity contribution in [2.45, 2.75) is 13.0 Å². The van der Waals surface area contributed by atoms with E-state index in [4.69, 9.17) is 4.74 Å². The summed E-state index contributed by atoms with van der Waals surface area (Å²) in [7, 11) is 1.67. The number of aryl methyl sites for hydroxylation is 1. The van der Waals surface area contributed by atoms with Crippen molar-refractivity contribution in [2.75, 3.05) is 44.7 Å². The van der Waals surface area contributed by atoms with Gasteiger partial charge in [0.25, 0.3) is 0 Å². The summed E-state index contributed by atoms with van der Waals surface area (Å²) in [6, 6.07) is 18.6. The van der Waals surface area contributed by atoms with Crippen molar-refractivity contribution < 1.29 is 9.53 Å². The standard InChI is InChI=1S/C23H28N4O2/c1-29-21-9-7-20(8-10-21)25-15-17-27(18-16-25)23(28)24-12-4-13-26-14-11-19-5-2-3-6-22(19)26/h2-3,5-11,14H,4,12-13,15-18H2,1H3,(H,24,28). The molecule has 0 aliphatic carbocycles. The van der Waals surface area contributed by atoms with Crippen LogP contribution in [-0.4, -0.2) is 55.3 Å². The van der Waals surface area contributed by atoms with Gasteiger partial charge in [0.1, 0.15) is 5.75 Å². The van der Waals surface area contributed by atoms with Gasteiger partial charge in [-0.25, -0.2) is 4.79 Å². The van der Waals surface area contributed by atoms with E-state index in [1.807, 2.05) is 17.0 Å². The second kappa shape index (κ2) is 8.90. The number of nitrogens with zero attached hydrogens (tertiary/aromatic N) is 3. The van der Waals surface area contributed by atoms with E-state index in [0.29, 0.717) is 6.54 Å². The van der Waals surface area contributed by atoms with Crippen molar-refractivity contribution in [1.82, 2.24) is 14.8 Å². The number of anilines is 1. The van der Waals surface area contributed by atoms with E-state index >= 15 is 0 Å². The van der Waals surface area contributed by atoms with Gasteiger partial charge < -0.3 is 24.4 Å². The highest BCUT2D eigenvalue weighted by molar-refractivity contribution is 5.79. The molecule has 1 saturated heterocycles. The summed E-state index contributed by atoms with van der Waals surface area (Å²) in [5.41, 5.74) is 2.42. The van der Waals surface area contributed by atoms with Crippen LogP contribution in [0.1, 0.15) is 6.42 Å². The number of hydrogen-bond donors (Lipinski definition) is 1. The fourth-order valence-corrected chi connectivity index (χ4v) is 3.85. The highest BCUT2D eigenvalue weighted by Gasteiger charge is 2.21. The zero-order valence-corrected chi connectivity index (χ0v) is 16.9. The highest BCUT2D eigenvalue weighted by atomic mass is 16.5. The van der Waals surface area contributed by atoms with E-state index in [1.54, 1.807) is 7.11 Å². The predicted molar refractivity (Wildman–Crippen MR) is 117 cm³/mol. The van der Waals surface area contributed by atoms with Crippen molar-refractivity contribution in [2.24, 2.45) is 0 Å². The molecule has 4 rings (SSSR count). The number of hydrogen-bond acceptors (Lipinski definition) is 3. The van der Waals surface area contributed by atoms with Gasteiger partial charge in [0.05, 0.1) is 7.11 Å². The number of nitrogens with one attached hydrogen (secondary N) is 1. The zero-order chi connectivity index (χ0) is 20.1. The van der Waals surface area contributed by atoms with Crippen LogP contribution in [0.5, 0.6) is 5.75 Å². The third-order valence-corrected chi connectivity index (χ3v) is 5.54. The Morgan fingerprint density at radius 2 is 1.76 bits per heavy atom. The number of piperazine rings is 1. The summed E-state index contributed by atoms with van der Waals surface area (Å²) in [5, 5.41) is 4.33. The van der Waals surface area contributed by atoms with Crippen LogP contribution in [0.3, 0.4) is 0 Å². The first-order chi connectivity index (χ1) is 14.2. The van der Waals surface area contributed by atoms with Gasteiger partial charge in [0.15, 0.2) is 0 Å². The van der Waals surface area contributed by atoms with Crippen molar-refractivity contribution >= 4 is 22.6 Å². The average molecular weight is 393 g/mol. The number of carbonyl (C=O) groups excluding carboxylic acids is 1. The summed E-state index contributed by atoms with van der Waals surface area (Å²) >= 11 is 0. The monoisotopic (exact) mass is 392 g/mol. The van der Waals surface area contributed by atoms with E-state index in [2.05, 4.69) is 63.4 Å². The number of amides is 2. The number of urea groups is 1. The molecule has 1 N–H and O–H groups in total. The third-order valence-electron chi connectivity index (χ3n) is 5.54. The van der Waals surface area contributed by atoms with E-state index in [0.717, 1.165) is 44.9 Å². The first-order valence-corrected chi connectivity index (χ1v) is 10.2. The molecule has 2 heterocycles. The van der Waals surface area contributed by atoms with E-state index in [-0.39, 0.29) is 6.03 Å². The Hall–Kier alpha value is -3.15. The largest absolute Gasteiger partial charge is 0.497 e. The molecule has 0 unspecified atom stereocenters. The molecule has 1 fully saturated rings. The number of carbonyl (C=O) groups is 1. The maximum Gasteiger partial charge on any atom is 0.317 e. The number of fused-ring (bicyclic) bond motifs is 1. The van der Waals surface area contributed by atoms with Crippen LogP contribution in [0.4, 0.5) is 10.5 Å². The molecule has 1 aliphatic heterocycles. The molecule has 6 nitrogen and oxygen atoms in total. The summed E-state index contributed by atoms with van der Waals surface area (Å²) in [5.74, 6) is 0.861. The molecule has 0 saturated carbocycles. The second-order valence-electron chi connectivity index (χ2n) is 7.33. The Morgan fingerprint density at radius 1 is 1.00 bits per heavy atom. The van der Waals surface area contributed by atoms with Gasteiger partial charge in [-0.05, 0) is 48.2 Å². The van der Waals surface area contributed by atoms with Gasteiger partial charge in [-0.3, -0.25) is 0 Å². The van der Waals surface area contributed by atoms with E-state index in [9.17, 15) is 4.79 Å². The first-order valence-electron chi connectivity index (χ1n) is 10.2. The van der Waals surface area contributed by atoms with Gasteiger partial charge in [0, 0.05) is 56.7 Å². The molecule has 0 spiro atoms. The van der Waals surface area contributed by atoms with Crippen LogP contribution in [0.15, 0.2) is 60.8 Å². The SMILES string of the molecule is COc1ccc(N2CCN(C(=O)NCCCn3ccc4ccccc43)CC2)cc1. The average Bonchev–Trinajstić information content (AvgIpc) is 3.20. The first kappa shape index (κ1) is 19.2. The summed E-state index contributed by atoms with van der Waals surface area (Å²) in [4.78, 5) is 16.7. The van der Waals surface area contributed by atoms with E-state index in [1.165, 1.54) is 16.6 Å². The normalized spacial score (nSPS) is 14.2. The molecule has 29 heavy (non-hydrogen) atoms. The molecule has 1 aliphatic rings. The fourth-order valence-electron chi connectivity index (χ4n) is 3.85. The maximum absolute atomic E-state index is 12.5. The summed E-state index contributed by atoms with van der Waals surface area (Å²) in [6.45, 7) is 4.74. The van der Waals surface area contributed by atoms with E-state index < -0.39 is 0 Å². The lowest BCUT2D eigenvalue weighted by atomic mass is 10.2. The summed E-state index contributed by atoms with van der Waals surface area (Å²) < 4.78 is 7.46. The van der Waals surface area contributed by atoms with Crippen LogP contribution in [-0.2, 0) is 6.54 Å². The highest BCUT2D eigenvalue weighted by Crippen LogP contribution is 2.20. The van der Waals surface area contributed by atoms with Gasteiger partial charge in [-0.2, -0.15) is 0 Å². The molecule has 3 aromatic rings. The van der Waals surface area contributed by atoms with Crippen molar-refractivity contribution in [3.8, 4) is 5.75 Å². The van der Waals surface area contributed by atoms with Gasteiger partial charge in [0.2, 0.25) is 0 Å². The smallest absolute Gasteiger partial charge is 0.317 e. The molecule has 2 amide bonds. The summed E-state index contributed by atoms with van der Waals surface area (Å²) in [6.07, 6.45) is 3.03. The molecule has 6 heteroatoms. The van der Waals surface area contributed by atoms with Crippen LogP contribution in [0, 0.1) is 0 Å². The van der Waals surface area contributed by atoms with Crippen LogP contribution >= 0.6 is 0 Å². The van der Waals surface area contributed by atoms with Crippen molar-refractivity contribution in [1.29, 1.82) is 0 Å². The quantitative estimate of drug-likeness (QED) is 0.653. The minimum atomic E-state index is 0.0387. The molecular weight excluding hydrogens is 364 g/mol. The number of methoxy groups -OCH3 is 1. The second-order valence-corrected chi connectivity index (χ2v) is 7.33. The molecule has 0 radical (unpaired) electrons. The number of aromatic nitrogens is 1. The topological polar surface area (TPSA) is 49.7 Å². The fraction of sp³-hybridized carbons (Fsp3) is 0.348. The van der Waals surface area contributed by atoms with Gasteiger partial charge >= 0.3 is 6.03 Å². The van der Waals surface area contributed by atoms with Crippen LogP contribution in [0.25, 0.3) is 10.9 Å². The molecule has 2 aromatic carbocycles. The zero-order valence-electron chi connectivity index (χ0n) is 16.9. The minimum absolute atomic E-state index is 0.0387. The van der Waals surface area contributed by atoms with Crippen molar-refractivity contribution in [3.63, 3.8) is 0 Å². The number of para-hydroxylation sites is 1. The minimum Gasteiger partial charge on any atom is -0.497 e. The Balaban J connectivity index is 1.20. The number of benzene rings is 2. The Bertz CT molecular complexity index is 943. The van der Waals surface area contributed by atoms with Gasteiger partial charge in [-0.1, -0.05) is 18.2 Å². The molecule has 1 aromatic heterocycles. The van der Waals surface area contributed by atoms with Crippen LogP contribution < -0.4 is 15.0 Å². The lowest BCUT2D eigenvalue weighted by Crippen LogP contribution is -2.52. The lowest BCUT2D eigenvalue weighted by molar-refractivity contribution is 0.194. The van der Waals surface area contributed by atoms with Crippen LogP contribution in [0.2, 0.25) is 0 Å². The van der Waals surface area contributed by atoms with Gasteiger partial charge in [-0.15, -0.1) is 0 Å². The maximum atomic E-state index is 12.5. The molecule has 0 bridgehead atoms. The Morgan fingerprint density at radius 3 is 2.52 bits per heavy atom. The Labute approximate surface area is 171 Å². The number of rotatable bonds is 6. The molecule has 152 valence electrons. The molecular formula is C23H28N4O2. The molecule has 0 atom stereocenters. The number of ether oxygens (including phenoxy) is 1. The predicted octanol–water partition coefficient (Wildman–Crippen LogP) is 3.57.